The average molecular weight is 258 g/mol. The molecule has 0 aliphatic rings. The Labute approximate surface area is 110 Å². The fraction of sp³-hybridized carbons (Fsp3) is 0.0714. The van der Waals surface area contributed by atoms with Crippen LogP contribution in [0.5, 0.6) is 11.5 Å². The Morgan fingerprint density at radius 2 is 1.95 bits per heavy atom. The Balaban J connectivity index is 2.26. The van der Waals surface area contributed by atoms with Gasteiger partial charge in [0.1, 0.15) is 11.5 Å². The molecule has 0 aromatic heterocycles. The number of carbonyl (C=O) groups is 1. The van der Waals surface area contributed by atoms with Gasteiger partial charge in [-0.15, -0.1) is 0 Å². The lowest BCUT2D eigenvalue weighted by Crippen LogP contribution is -2.12. The number of hydrogen-bond donors (Lipinski definition) is 3. The van der Waals surface area contributed by atoms with Crippen LogP contribution in [0.15, 0.2) is 42.5 Å². The van der Waals surface area contributed by atoms with Gasteiger partial charge in [-0.2, -0.15) is 0 Å². The molecule has 0 saturated carbocycles. The molecule has 0 unspecified atom stereocenters. The number of aromatic hydroxyl groups is 1. The SMILES string of the molecule is COc1cc(NC(=O)c2ccccc2)c(O)cc1N. The third-order valence-corrected chi connectivity index (χ3v) is 2.63. The minimum Gasteiger partial charge on any atom is -0.506 e. The average Bonchev–Trinajstić information content (AvgIpc) is 2.42. The van der Waals surface area contributed by atoms with Crippen molar-refractivity contribution in [3.05, 3.63) is 48.0 Å². The predicted molar refractivity (Wildman–Crippen MR) is 73.5 cm³/mol. The second-order valence-electron chi connectivity index (χ2n) is 3.93. The van der Waals surface area contributed by atoms with Gasteiger partial charge in [0.2, 0.25) is 0 Å². The molecule has 1 amide bonds. The summed E-state index contributed by atoms with van der Waals surface area (Å²) >= 11 is 0. The normalized spacial score (nSPS) is 9.95. The zero-order valence-electron chi connectivity index (χ0n) is 10.4. The summed E-state index contributed by atoms with van der Waals surface area (Å²) in [5, 5.41) is 12.4. The third-order valence-electron chi connectivity index (χ3n) is 2.63. The molecular formula is C14H14N2O3. The van der Waals surface area contributed by atoms with E-state index in [-0.39, 0.29) is 17.3 Å². The number of rotatable bonds is 3. The molecule has 2 aromatic rings. The summed E-state index contributed by atoms with van der Waals surface area (Å²) in [5.41, 5.74) is 6.70. The summed E-state index contributed by atoms with van der Waals surface area (Å²) < 4.78 is 5.04. The first-order valence-electron chi connectivity index (χ1n) is 5.64. The minimum absolute atomic E-state index is 0.109. The molecule has 98 valence electrons. The Morgan fingerprint density at radius 1 is 1.26 bits per heavy atom. The van der Waals surface area contributed by atoms with E-state index in [9.17, 15) is 9.90 Å². The van der Waals surface area contributed by atoms with Crippen LogP contribution < -0.4 is 15.8 Å². The van der Waals surface area contributed by atoms with Crippen LogP contribution >= 0.6 is 0 Å². The van der Waals surface area contributed by atoms with Gasteiger partial charge in [0.25, 0.3) is 5.91 Å². The number of hydrogen-bond acceptors (Lipinski definition) is 4. The number of carbonyl (C=O) groups excluding carboxylic acids is 1. The van der Waals surface area contributed by atoms with Crippen molar-refractivity contribution in [3.63, 3.8) is 0 Å². The molecule has 2 rings (SSSR count). The summed E-state index contributed by atoms with van der Waals surface area (Å²) in [6.07, 6.45) is 0. The Bertz CT molecular complexity index is 597. The first kappa shape index (κ1) is 12.8. The zero-order valence-corrected chi connectivity index (χ0v) is 10.4. The first-order chi connectivity index (χ1) is 9.11. The molecule has 4 N–H and O–H groups in total. The molecule has 5 nitrogen and oxygen atoms in total. The van der Waals surface area contributed by atoms with E-state index in [1.54, 1.807) is 24.3 Å². The van der Waals surface area contributed by atoms with Gasteiger partial charge in [-0.25, -0.2) is 0 Å². The van der Waals surface area contributed by atoms with E-state index in [0.29, 0.717) is 17.0 Å². The number of ether oxygens (including phenoxy) is 1. The smallest absolute Gasteiger partial charge is 0.255 e. The van der Waals surface area contributed by atoms with Crippen LogP contribution in [0.1, 0.15) is 10.4 Å². The highest BCUT2D eigenvalue weighted by Crippen LogP contribution is 2.33. The second kappa shape index (κ2) is 5.30. The fourth-order valence-electron chi connectivity index (χ4n) is 1.65. The highest BCUT2D eigenvalue weighted by molar-refractivity contribution is 6.05. The van der Waals surface area contributed by atoms with Crippen molar-refractivity contribution in [2.75, 3.05) is 18.2 Å². The number of phenolic OH excluding ortho intramolecular Hbond substituents is 1. The van der Waals surface area contributed by atoms with E-state index in [0.717, 1.165) is 0 Å². The van der Waals surface area contributed by atoms with Gasteiger partial charge < -0.3 is 20.9 Å². The second-order valence-corrected chi connectivity index (χ2v) is 3.93. The van der Waals surface area contributed by atoms with Gasteiger partial charge in [0.15, 0.2) is 0 Å². The molecule has 0 saturated heterocycles. The Morgan fingerprint density at radius 3 is 2.58 bits per heavy atom. The molecule has 0 atom stereocenters. The van der Waals surface area contributed by atoms with Gasteiger partial charge in [-0.05, 0) is 12.1 Å². The molecule has 19 heavy (non-hydrogen) atoms. The molecule has 0 spiro atoms. The number of nitrogen functional groups attached to an aromatic ring is 1. The van der Waals surface area contributed by atoms with Crippen LogP contribution in [0.2, 0.25) is 0 Å². The van der Waals surface area contributed by atoms with Crippen molar-refractivity contribution in [1.82, 2.24) is 0 Å². The first-order valence-corrected chi connectivity index (χ1v) is 5.64. The zero-order chi connectivity index (χ0) is 13.8. The van der Waals surface area contributed by atoms with E-state index in [1.165, 1.54) is 19.2 Å². The van der Waals surface area contributed by atoms with Crippen molar-refractivity contribution in [2.24, 2.45) is 0 Å². The summed E-state index contributed by atoms with van der Waals surface area (Å²) in [5.74, 6) is -0.0357. The lowest BCUT2D eigenvalue weighted by atomic mass is 10.2. The topological polar surface area (TPSA) is 84.6 Å². The summed E-state index contributed by atoms with van der Waals surface area (Å²) in [6.45, 7) is 0. The van der Waals surface area contributed by atoms with Gasteiger partial charge in [0.05, 0.1) is 18.5 Å². The van der Waals surface area contributed by atoms with E-state index >= 15 is 0 Å². The van der Waals surface area contributed by atoms with Crippen molar-refractivity contribution in [2.45, 2.75) is 0 Å². The number of nitrogens with one attached hydrogen (secondary N) is 1. The van der Waals surface area contributed by atoms with Gasteiger partial charge >= 0.3 is 0 Å². The van der Waals surface area contributed by atoms with Crippen LogP contribution in [-0.2, 0) is 0 Å². The number of anilines is 2. The van der Waals surface area contributed by atoms with E-state index < -0.39 is 0 Å². The molecule has 0 aliphatic heterocycles. The quantitative estimate of drug-likeness (QED) is 0.582. The molecule has 0 bridgehead atoms. The van der Waals surface area contributed by atoms with Crippen molar-refractivity contribution < 1.29 is 14.6 Å². The highest BCUT2D eigenvalue weighted by Gasteiger charge is 2.11. The van der Waals surface area contributed by atoms with Crippen LogP contribution in [0.25, 0.3) is 0 Å². The van der Waals surface area contributed by atoms with Crippen LogP contribution in [0, 0.1) is 0 Å². The lowest BCUT2D eigenvalue weighted by molar-refractivity contribution is 0.102. The van der Waals surface area contributed by atoms with E-state index in [4.69, 9.17) is 10.5 Å². The maximum atomic E-state index is 12.0. The summed E-state index contributed by atoms with van der Waals surface area (Å²) in [7, 11) is 1.46. The van der Waals surface area contributed by atoms with Crippen molar-refractivity contribution in [1.29, 1.82) is 0 Å². The molecule has 0 fully saturated rings. The van der Waals surface area contributed by atoms with Gasteiger partial charge in [-0.1, -0.05) is 18.2 Å². The van der Waals surface area contributed by atoms with Crippen LogP contribution in [0.3, 0.4) is 0 Å². The minimum atomic E-state index is -0.317. The number of phenols is 1. The molecule has 2 aromatic carbocycles. The maximum absolute atomic E-state index is 12.0. The number of amides is 1. The number of benzene rings is 2. The lowest BCUT2D eigenvalue weighted by Gasteiger charge is -2.11. The van der Waals surface area contributed by atoms with Crippen molar-refractivity contribution in [3.8, 4) is 11.5 Å². The van der Waals surface area contributed by atoms with Crippen molar-refractivity contribution >= 4 is 17.3 Å². The Kier molecular flexibility index (Phi) is 3.56. The van der Waals surface area contributed by atoms with Crippen LogP contribution in [0.4, 0.5) is 11.4 Å². The van der Waals surface area contributed by atoms with E-state index in [2.05, 4.69) is 5.32 Å². The highest BCUT2D eigenvalue weighted by atomic mass is 16.5. The van der Waals surface area contributed by atoms with Gasteiger partial charge in [-0.3, -0.25) is 4.79 Å². The number of nitrogens with two attached hydrogens (primary N) is 1. The number of methoxy groups -OCH3 is 1. The largest absolute Gasteiger partial charge is 0.506 e. The van der Waals surface area contributed by atoms with E-state index in [1.807, 2.05) is 6.07 Å². The predicted octanol–water partition coefficient (Wildman–Crippen LogP) is 2.24. The molecule has 0 aliphatic carbocycles. The third kappa shape index (κ3) is 2.77. The Hall–Kier alpha value is -2.69. The van der Waals surface area contributed by atoms with Crippen LogP contribution in [-0.4, -0.2) is 18.1 Å². The molecule has 0 radical (unpaired) electrons. The standard InChI is InChI=1S/C14H14N2O3/c1-19-13-8-11(12(17)7-10(13)15)16-14(18)9-5-3-2-4-6-9/h2-8,17H,15H2,1H3,(H,16,18). The molecule has 5 heteroatoms. The molecule has 0 heterocycles. The summed E-state index contributed by atoms with van der Waals surface area (Å²) in [6, 6.07) is 11.5. The maximum Gasteiger partial charge on any atom is 0.255 e. The summed E-state index contributed by atoms with van der Waals surface area (Å²) in [4.78, 5) is 12.0. The molecular weight excluding hydrogens is 244 g/mol. The fourth-order valence-corrected chi connectivity index (χ4v) is 1.65. The monoisotopic (exact) mass is 258 g/mol. The van der Waals surface area contributed by atoms with Gasteiger partial charge in [0, 0.05) is 17.7 Å².